The van der Waals surface area contributed by atoms with Gasteiger partial charge in [-0.2, -0.15) is 0 Å². The number of hydrogen-bond acceptors (Lipinski definition) is 0. The molecule has 0 atom stereocenters. The van der Waals surface area contributed by atoms with E-state index in [1.54, 1.807) is 0 Å². The van der Waals surface area contributed by atoms with E-state index in [-0.39, 0.29) is 62.5 Å². The molecule has 0 aliphatic heterocycles. The smallest absolute Gasteiger partial charge is 2.00 e. The summed E-state index contributed by atoms with van der Waals surface area (Å²) in [4.78, 5) is 0. The molecule has 0 amide bonds. The Balaban J connectivity index is 0. The van der Waals surface area contributed by atoms with E-state index >= 15 is 0 Å². The van der Waals surface area contributed by atoms with Crippen molar-refractivity contribution in [1.82, 2.24) is 0 Å². The number of rotatable bonds is 0. The van der Waals surface area contributed by atoms with Crippen LogP contribution in [0.3, 0.4) is 0 Å². The third-order valence-electron chi connectivity index (χ3n) is 0. The van der Waals surface area contributed by atoms with Crippen LogP contribution in [0.25, 0.3) is 0 Å². The predicted molar refractivity (Wildman–Crippen MR) is 8.74 cm³/mol. The second-order valence-electron chi connectivity index (χ2n) is 0. The van der Waals surface area contributed by atoms with E-state index in [9.17, 15) is 0 Å². The van der Waals surface area contributed by atoms with Crippen molar-refractivity contribution in [2.45, 2.75) is 0 Å². The third kappa shape index (κ3) is 30.3. The van der Waals surface area contributed by atoms with E-state index < -0.39 is 0 Å². The molecule has 29 valence electrons. The summed E-state index contributed by atoms with van der Waals surface area (Å²) in [6, 6.07) is 0. The molecule has 0 spiro atoms. The van der Waals surface area contributed by atoms with E-state index in [2.05, 4.69) is 0 Å². The summed E-state index contributed by atoms with van der Waals surface area (Å²) in [5.41, 5.74) is 0. The molecule has 0 aromatic rings. The van der Waals surface area contributed by atoms with Crippen LogP contribution in [0, 0.1) is 0 Å². The van der Waals surface area contributed by atoms with Crippen LogP contribution in [0.1, 0.15) is 0 Å². The molecule has 1 radical (unpaired) electrons. The molecule has 0 N–H and O–H groups in total. The topological polar surface area (TPSA) is 57.0 Å². The molecule has 0 aromatic heterocycles. The van der Waals surface area contributed by atoms with Gasteiger partial charge in [0.25, 0.3) is 0 Å². The van der Waals surface area contributed by atoms with Crippen molar-refractivity contribution in [3.8, 4) is 0 Å². The summed E-state index contributed by atoms with van der Waals surface area (Å²) in [5.74, 6) is 0. The van der Waals surface area contributed by atoms with Crippen LogP contribution in [0.2, 0.25) is 0 Å². The van der Waals surface area contributed by atoms with Gasteiger partial charge < -0.3 is 24.4 Å². The first-order valence-corrected chi connectivity index (χ1v) is 0. The van der Waals surface area contributed by atoms with Gasteiger partial charge in [-0.1, -0.05) is 0 Å². The molecule has 0 aliphatic carbocycles. The van der Waals surface area contributed by atoms with Crippen molar-refractivity contribution >= 4 is 13.5 Å². The fourth-order valence-corrected chi connectivity index (χ4v) is 0. The zero-order valence-electron chi connectivity index (χ0n) is 2.38. The largest absolute Gasteiger partial charge is 2.00 e. The molecule has 0 fully saturated rings. The normalized spacial score (nSPS) is 0. The van der Waals surface area contributed by atoms with Gasteiger partial charge in [-0.25, -0.2) is 0 Å². The van der Waals surface area contributed by atoms with Crippen LogP contribution in [-0.2, 0) is 62.5 Å². The van der Waals surface area contributed by atoms with Gasteiger partial charge in [0.1, 0.15) is 0 Å². The molecule has 5 heteroatoms. The average Bonchev–Trinajstić information content (AvgIpc) is 0. The van der Waals surface area contributed by atoms with Gasteiger partial charge in [0.2, 0.25) is 0 Å². The molecule has 0 rings (SSSR count). The fourth-order valence-electron chi connectivity index (χ4n) is 0. The first-order chi connectivity index (χ1) is 0. The summed E-state index contributed by atoms with van der Waals surface area (Å²) >= 11 is 0. The summed E-state index contributed by atoms with van der Waals surface area (Å²) < 4.78 is 0. The minimum absolute atomic E-state index is 0. The van der Waals surface area contributed by atoms with Gasteiger partial charge in [-0.3, -0.25) is 0 Å². The maximum absolute atomic E-state index is 0. The summed E-state index contributed by atoms with van der Waals surface area (Å²) in [6.07, 6.45) is 0. The van der Waals surface area contributed by atoms with Crippen LogP contribution in [0.5, 0.6) is 0 Å². The van der Waals surface area contributed by atoms with Gasteiger partial charge in [0.05, 0.1) is 0 Å². The van der Waals surface area contributed by atoms with Crippen LogP contribution in [-0.4, -0.2) is 0 Å². The van der Waals surface area contributed by atoms with E-state index in [0.717, 1.165) is 0 Å². The molecule has 0 heterocycles. The van der Waals surface area contributed by atoms with Gasteiger partial charge in [0, 0.05) is 18.6 Å². The molecule has 0 saturated carbocycles. The van der Waals surface area contributed by atoms with Crippen LogP contribution >= 0.6 is 0 Å². The van der Waals surface area contributed by atoms with Crippen molar-refractivity contribution in [2.75, 3.05) is 0 Å². The second-order valence-corrected chi connectivity index (χ2v) is 0. The van der Waals surface area contributed by atoms with Gasteiger partial charge in [-0.05, 0) is 0 Å². The Labute approximate surface area is 62.4 Å². The van der Waals surface area contributed by atoms with Gasteiger partial charge in [-0.15, -0.1) is 0 Å². The van der Waals surface area contributed by atoms with Crippen molar-refractivity contribution in [3.05, 3.63) is 0 Å². The van der Waals surface area contributed by atoms with Gasteiger partial charge in [0.15, 0.2) is 0 Å². The molecule has 2 nitrogen and oxygen atoms in total. The Bertz CT molecular complexity index is 9.61. The molecule has 0 bridgehead atoms. The monoisotopic (exact) mass is 179 g/mol. The maximum atomic E-state index is 0. The zero-order valence-corrected chi connectivity index (χ0v) is 7.56. The summed E-state index contributed by atoms with van der Waals surface area (Å²) in [5, 5.41) is 0. The molecule has 5 heavy (non-hydrogen) atoms. The third-order valence-corrected chi connectivity index (χ3v) is 0. The molecular weight excluding hydrogens is 180 g/mol. The number of hydrogen-bond donors (Lipinski definition) is 0. The minimum atomic E-state index is 0. The zero-order chi connectivity index (χ0) is 0. The van der Waals surface area contributed by atoms with Crippen LogP contribution in [0.4, 0.5) is 0 Å². The second kappa shape index (κ2) is 50.3. The standard InChI is InChI=1S/2O.S.V.Zn/q3*-2;;+2. The van der Waals surface area contributed by atoms with Crippen molar-refractivity contribution in [1.29, 1.82) is 0 Å². The van der Waals surface area contributed by atoms with Crippen molar-refractivity contribution < 1.29 is 49.0 Å². The minimum Gasteiger partial charge on any atom is -2.00 e. The average molecular weight is 180 g/mol. The van der Waals surface area contributed by atoms with E-state index in [1.165, 1.54) is 0 Å². The Morgan fingerprint density at radius 2 is 0.800 bits per heavy atom. The maximum Gasteiger partial charge on any atom is 2.00 e. The van der Waals surface area contributed by atoms with Crippen molar-refractivity contribution in [3.63, 3.8) is 0 Å². The summed E-state index contributed by atoms with van der Waals surface area (Å²) in [6.45, 7) is 0. The predicted octanol–water partition coefficient (Wildman–Crippen LogP) is -0.245. The summed E-state index contributed by atoms with van der Waals surface area (Å²) in [7, 11) is 0. The van der Waals surface area contributed by atoms with Gasteiger partial charge >= 0.3 is 19.5 Å². The van der Waals surface area contributed by atoms with Crippen molar-refractivity contribution in [2.24, 2.45) is 0 Å². The van der Waals surface area contributed by atoms with E-state index in [4.69, 9.17) is 0 Å². The molecule has 0 saturated heterocycles. The van der Waals surface area contributed by atoms with Crippen LogP contribution < -0.4 is 0 Å². The van der Waals surface area contributed by atoms with E-state index in [0.29, 0.717) is 0 Å². The quantitative estimate of drug-likeness (QED) is 0.462. The molecule has 0 aromatic carbocycles. The fraction of sp³-hybridized carbons (Fsp3) is 0. The van der Waals surface area contributed by atoms with E-state index in [1.807, 2.05) is 0 Å². The molecular formula is O2SVZn-4. The Morgan fingerprint density at radius 1 is 0.800 bits per heavy atom. The first kappa shape index (κ1) is 89.0. The SMILES string of the molecule is [O-2].[O-2].[S-2].[V].[Zn+2]. The molecule has 0 aliphatic rings. The Kier molecular flexibility index (Phi) is 895. The van der Waals surface area contributed by atoms with Crippen LogP contribution in [0.15, 0.2) is 0 Å². The Hall–Kier alpha value is 1.48. The Morgan fingerprint density at radius 3 is 0.800 bits per heavy atom. The molecule has 0 unspecified atom stereocenters. The first-order valence-electron chi connectivity index (χ1n) is 0.